The van der Waals surface area contributed by atoms with Crippen LogP contribution in [0.25, 0.3) is 5.95 Å². The molecule has 3 aromatic heterocycles. The molecule has 3 heterocycles. The fraction of sp³-hybridized carbons (Fsp3) is 0.312. The van der Waals surface area contributed by atoms with Crippen LogP contribution in [0.2, 0.25) is 0 Å². The Bertz CT molecular complexity index is 948. The van der Waals surface area contributed by atoms with E-state index in [1.807, 2.05) is 6.92 Å². The van der Waals surface area contributed by atoms with E-state index in [2.05, 4.69) is 55.1 Å². The smallest absolute Gasteiger partial charge is 0.252 e. The molecule has 0 atom stereocenters. The fourth-order valence-electron chi connectivity index (χ4n) is 2.25. The highest BCUT2D eigenvalue weighted by Gasteiger charge is 2.15. The fourth-order valence-corrected chi connectivity index (χ4v) is 3.27. The molecule has 0 saturated carbocycles. The first kappa shape index (κ1) is 17.6. The van der Waals surface area contributed by atoms with Crippen molar-refractivity contribution in [3.05, 3.63) is 35.9 Å². The Balaban J connectivity index is 1.97. The lowest BCUT2D eigenvalue weighted by Crippen LogP contribution is -2.21. The average molecular weight is 367 g/mol. The number of anilines is 1. The van der Waals surface area contributed by atoms with Gasteiger partial charge in [0.2, 0.25) is 0 Å². The molecule has 3 aromatic rings. The van der Waals surface area contributed by atoms with Crippen molar-refractivity contribution in [3.8, 4) is 12.0 Å². The number of rotatable bonds is 6. The Hall–Kier alpha value is -3.19. The summed E-state index contributed by atoms with van der Waals surface area (Å²) in [6, 6.07) is 3.77. The molecule has 0 unspecified atom stereocenters. The van der Waals surface area contributed by atoms with Crippen molar-refractivity contribution in [2.75, 3.05) is 18.0 Å². The van der Waals surface area contributed by atoms with Gasteiger partial charge in [-0.1, -0.05) is 11.3 Å². The van der Waals surface area contributed by atoms with Crippen LogP contribution < -0.4 is 4.90 Å². The van der Waals surface area contributed by atoms with E-state index in [1.54, 1.807) is 18.5 Å². The third kappa shape index (κ3) is 3.43. The van der Waals surface area contributed by atoms with Gasteiger partial charge in [-0.3, -0.25) is 0 Å². The summed E-state index contributed by atoms with van der Waals surface area (Å²) in [5.41, 5.74) is 1.09. The van der Waals surface area contributed by atoms with Crippen LogP contribution >= 0.6 is 11.3 Å². The Morgan fingerprint density at radius 3 is 2.62 bits per heavy atom. The summed E-state index contributed by atoms with van der Waals surface area (Å²) in [6.45, 7) is 7.80. The van der Waals surface area contributed by atoms with Crippen molar-refractivity contribution in [1.82, 2.24) is 24.7 Å². The Labute approximate surface area is 154 Å². The zero-order valence-electron chi connectivity index (χ0n) is 14.7. The lowest BCUT2D eigenvalue weighted by Gasteiger charge is -2.16. The molecule has 0 aromatic carbocycles. The first-order chi connectivity index (χ1) is 12.7. The number of hydrogen-bond donors (Lipinski definition) is 0. The summed E-state index contributed by atoms with van der Waals surface area (Å²) < 4.78 is 1.39. The molecule has 0 aliphatic heterocycles. The van der Waals surface area contributed by atoms with Gasteiger partial charge >= 0.3 is 0 Å². The monoisotopic (exact) mass is 367 g/mol. The molecule has 0 spiro atoms. The molecule has 0 aliphatic carbocycles. The topological polar surface area (TPSA) is 108 Å². The number of nitriles is 1. The largest absolute Gasteiger partial charge is 0.349 e. The molecule has 10 heteroatoms. The van der Waals surface area contributed by atoms with Gasteiger partial charge in [0, 0.05) is 25.5 Å². The van der Waals surface area contributed by atoms with Gasteiger partial charge in [0.25, 0.3) is 5.95 Å². The van der Waals surface area contributed by atoms with Crippen molar-refractivity contribution < 1.29 is 0 Å². The zero-order chi connectivity index (χ0) is 18.5. The molecule has 0 radical (unpaired) electrons. The Morgan fingerprint density at radius 1 is 1.23 bits per heavy atom. The quantitative estimate of drug-likeness (QED) is 0.616. The Kier molecular flexibility index (Phi) is 5.28. The molecule has 9 nitrogen and oxygen atoms in total. The van der Waals surface area contributed by atoms with Crippen molar-refractivity contribution in [3.63, 3.8) is 0 Å². The van der Waals surface area contributed by atoms with Crippen LogP contribution in [0.4, 0.5) is 16.0 Å². The van der Waals surface area contributed by atoms with E-state index in [9.17, 15) is 5.26 Å². The van der Waals surface area contributed by atoms with E-state index >= 15 is 0 Å². The summed E-state index contributed by atoms with van der Waals surface area (Å²) in [4.78, 5) is 15.0. The van der Waals surface area contributed by atoms with Crippen molar-refractivity contribution in [2.45, 2.75) is 20.8 Å². The van der Waals surface area contributed by atoms with E-state index in [1.165, 1.54) is 22.2 Å². The lowest BCUT2D eigenvalue weighted by molar-refractivity contribution is 0.803. The number of aryl methyl sites for hydroxylation is 1. The highest BCUT2D eigenvalue weighted by atomic mass is 32.1. The Morgan fingerprint density at radius 2 is 1.96 bits per heavy atom. The summed E-state index contributed by atoms with van der Waals surface area (Å²) in [5, 5.41) is 23.6. The van der Waals surface area contributed by atoms with Crippen LogP contribution in [0.15, 0.2) is 34.9 Å². The van der Waals surface area contributed by atoms with Gasteiger partial charge in [0.1, 0.15) is 11.6 Å². The first-order valence-corrected chi connectivity index (χ1v) is 8.89. The maximum Gasteiger partial charge on any atom is 0.252 e. The van der Waals surface area contributed by atoms with E-state index in [0.717, 1.165) is 23.9 Å². The zero-order valence-corrected chi connectivity index (χ0v) is 15.5. The van der Waals surface area contributed by atoms with Crippen molar-refractivity contribution in [1.29, 1.82) is 5.26 Å². The summed E-state index contributed by atoms with van der Waals surface area (Å²) >= 11 is 1.46. The van der Waals surface area contributed by atoms with Gasteiger partial charge in [-0.05, 0) is 26.8 Å². The van der Waals surface area contributed by atoms with Crippen LogP contribution in [0.1, 0.15) is 25.1 Å². The third-order valence-electron chi connectivity index (χ3n) is 3.64. The second kappa shape index (κ2) is 7.79. The second-order valence-corrected chi connectivity index (χ2v) is 6.17. The van der Waals surface area contributed by atoms with E-state index in [0.29, 0.717) is 16.5 Å². The highest BCUT2D eigenvalue weighted by molar-refractivity contribution is 7.19. The summed E-state index contributed by atoms with van der Waals surface area (Å²) in [6.07, 6.45) is 4.62. The molecule has 3 rings (SSSR count). The molecule has 26 heavy (non-hydrogen) atoms. The predicted octanol–water partition coefficient (Wildman–Crippen LogP) is 3.56. The number of nitrogens with zero attached hydrogens (tertiary/aromatic N) is 9. The molecule has 132 valence electrons. The van der Waals surface area contributed by atoms with Crippen LogP contribution in [0, 0.1) is 18.3 Å². The van der Waals surface area contributed by atoms with Gasteiger partial charge in [0.15, 0.2) is 16.0 Å². The molecule has 0 amide bonds. The lowest BCUT2D eigenvalue weighted by atomic mass is 10.4. The average Bonchev–Trinajstić information content (AvgIpc) is 3.25. The van der Waals surface area contributed by atoms with E-state index < -0.39 is 0 Å². The minimum atomic E-state index is 0.288. The molecular formula is C16H17N9S. The van der Waals surface area contributed by atoms with Crippen molar-refractivity contribution in [2.24, 2.45) is 10.2 Å². The van der Waals surface area contributed by atoms with Gasteiger partial charge in [-0.2, -0.15) is 15.0 Å². The minimum Gasteiger partial charge on any atom is -0.349 e. The van der Waals surface area contributed by atoms with Crippen LogP contribution in [0.5, 0.6) is 0 Å². The number of azo groups is 1. The third-order valence-corrected chi connectivity index (χ3v) is 4.74. The second-order valence-electron chi connectivity index (χ2n) is 5.21. The molecule has 0 fully saturated rings. The SMILES string of the molecule is CCN(CC)c1nc(C)c(N=Nc2c(C#N)cnn2-c2ncccn2)s1. The molecular weight excluding hydrogens is 350 g/mol. The van der Waals surface area contributed by atoms with Gasteiger partial charge in [-0.15, -0.1) is 10.2 Å². The molecule has 0 N–H and O–H groups in total. The summed E-state index contributed by atoms with van der Waals surface area (Å²) in [5.74, 6) is 0.615. The highest BCUT2D eigenvalue weighted by Crippen LogP contribution is 2.34. The minimum absolute atomic E-state index is 0.288. The summed E-state index contributed by atoms with van der Waals surface area (Å²) in [7, 11) is 0. The number of aromatic nitrogens is 5. The van der Waals surface area contributed by atoms with E-state index in [4.69, 9.17) is 0 Å². The van der Waals surface area contributed by atoms with Gasteiger partial charge in [0.05, 0.1) is 11.9 Å². The van der Waals surface area contributed by atoms with E-state index in [-0.39, 0.29) is 5.82 Å². The predicted molar refractivity (Wildman–Crippen MR) is 98.5 cm³/mol. The van der Waals surface area contributed by atoms with Gasteiger partial charge < -0.3 is 4.90 Å². The molecule has 0 aliphatic rings. The maximum atomic E-state index is 9.31. The standard InChI is InChI=1S/C16H17N9S/c1-4-24(5-2)16-21-11(3)14(26-16)23-22-13-12(9-17)10-20-25(13)15-18-7-6-8-19-15/h6-8,10H,4-5H2,1-3H3. The number of hydrogen-bond acceptors (Lipinski definition) is 9. The van der Waals surface area contributed by atoms with Crippen molar-refractivity contribution >= 4 is 27.3 Å². The van der Waals surface area contributed by atoms with Crippen LogP contribution in [-0.2, 0) is 0 Å². The van der Waals surface area contributed by atoms with Crippen LogP contribution in [0.3, 0.4) is 0 Å². The maximum absolute atomic E-state index is 9.31. The molecule has 0 saturated heterocycles. The first-order valence-electron chi connectivity index (χ1n) is 8.07. The normalized spacial score (nSPS) is 11.0. The van der Waals surface area contributed by atoms with Gasteiger partial charge in [-0.25, -0.2) is 15.0 Å². The van der Waals surface area contributed by atoms with Crippen LogP contribution in [-0.4, -0.2) is 37.8 Å². The number of thiazole rings is 1. The molecule has 0 bridgehead atoms.